The fraction of sp³-hybridized carbons (Fsp3) is 0.609. The summed E-state index contributed by atoms with van der Waals surface area (Å²) < 4.78 is 23.7. The number of benzene rings is 1. The number of carbonyl (C=O) groups is 3. The average molecular weight is 453 g/mol. The Kier molecular flexibility index (Phi) is 9.43. The molecule has 8 nitrogen and oxygen atoms in total. The second-order valence-corrected chi connectivity index (χ2v) is 8.87. The van der Waals surface area contributed by atoms with Gasteiger partial charge < -0.3 is 19.9 Å². The summed E-state index contributed by atoms with van der Waals surface area (Å²) in [4.78, 5) is 39.1. The number of piperidine rings is 1. The van der Waals surface area contributed by atoms with Crippen LogP contribution in [-0.4, -0.2) is 65.0 Å². The van der Waals surface area contributed by atoms with Crippen molar-refractivity contribution in [2.45, 2.75) is 76.9 Å². The number of alkyl halides is 1. The zero-order valence-electron chi connectivity index (χ0n) is 18.9. The Morgan fingerprint density at radius 3 is 2.53 bits per heavy atom. The number of halogens is 1. The Bertz CT molecular complexity index is 768. The molecule has 32 heavy (non-hydrogen) atoms. The highest BCUT2D eigenvalue weighted by atomic mass is 19.1. The highest BCUT2D eigenvalue weighted by molar-refractivity contribution is 5.86. The van der Waals surface area contributed by atoms with Gasteiger partial charge in [-0.1, -0.05) is 30.3 Å². The Morgan fingerprint density at radius 2 is 1.91 bits per heavy atom. The molecule has 1 aromatic rings. The van der Waals surface area contributed by atoms with Crippen LogP contribution in [0.5, 0.6) is 0 Å². The first kappa shape index (κ1) is 25.6. The zero-order chi connectivity index (χ0) is 23.7. The lowest BCUT2D eigenvalue weighted by molar-refractivity contribution is -0.156. The standard InChI is InChI=1S/C23H33FN2O6/c1-23(2,3)32-20(28)13-17(19(27)14-24)25-21(29)18-11-7-8-12-26(18)22(30)31-15-16-9-5-4-6-10-16/h4-6,9-10,17-19,27H,7-8,11-15H2,1-3H3,(H,25,29)/t17-,18-,19-/m0/s1. The Balaban J connectivity index is 2.02. The first-order valence-corrected chi connectivity index (χ1v) is 10.8. The molecule has 0 bridgehead atoms. The normalized spacial score (nSPS) is 18.4. The van der Waals surface area contributed by atoms with Crippen molar-refractivity contribution in [3.8, 4) is 0 Å². The van der Waals surface area contributed by atoms with E-state index in [2.05, 4.69) is 5.32 Å². The number of nitrogens with zero attached hydrogens (tertiary/aromatic N) is 1. The van der Waals surface area contributed by atoms with E-state index in [1.54, 1.807) is 20.8 Å². The van der Waals surface area contributed by atoms with Crippen molar-refractivity contribution in [1.29, 1.82) is 0 Å². The Morgan fingerprint density at radius 1 is 1.22 bits per heavy atom. The number of carbonyl (C=O) groups excluding carboxylic acids is 3. The minimum Gasteiger partial charge on any atom is -0.460 e. The lowest BCUT2D eigenvalue weighted by atomic mass is 10.0. The second kappa shape index (κ2) is 11.8. The molecule has 0 radical (unpaired) electrons. The van der Waals surface area contributed by atoms with E-state index in [0.29, 0.717) is 13.0 Å². The number of likely N-dealkylation sites (tertiary alicyclic amines) is 1. The number of rotatable bonds is 8. The molecule has 0 aromatic heterocycles. The van der Waals surface area contributed by atoms with Gasteiger partial charge in [-0.3, -0.25) is 14.5 Å². The first-order valence-electron chi connectivity index (χ1n) is 10.8. The molecule has 9 heteroatoms. The highest BCUT2D eigenvalue weighted by Gasteiger charge is 2.36. The maximum absolute atomic E-state index is 13.1. The number of aliphatic hydroxyl groups excluding tert-OH is 1. The number of esters is 1. The van der Waals surface area contributed by atoms with Gasteiger partial charge >= 0.3 is 12.1 Å². The summed E-state index contributed by atoms with van der Waals surface area (Å²) in [6.45, 7) is 4.34. The summed E-state index contributed by atoms with van der Waals surface area (Å²) in [7, 11) is 0. The second-order valence-electron chi connectivity index (χ2n) is 8.87. The molecule has 0 unspecified atom stereocenters. The van der Waals surface area contributed by atoms with Gasteiger partial charge in [-0.2, -0.15) is 0 Å². The fourth-order valence-electron chi connectivity index (χ4n) is 3.46. The van der Waals surface area contributed by atoms with Crippen molar-refractivity contribution in [2.75, 3.05) is 13.2 Å². The predicted octanol–water partition coefficient (Wildman–Crippen LogP) is 2.72. The Labute approximate surface area is 188 Å². The lowest BCUT2D eigenvalue weighted by Gasteiger charge is -2.35. The summed E-state index contributed by atoms with van der Waals surface area (Å²) in [5.74, 6) is -1.24. The molecule has 1 heterocycles. The van der Waals surface area contributed by atoms with Gasteiger partial charge in [-0.15, -0.1) is 0 Å². The SMILES string of the molecule is CC(C)(C)OC(=O)C[C@H](NC(=O)[C@@H]1CCCCN1C(=O)OCc1ccccc1)[C@@H](O)CF. The van der Waals surface area contributed by atoms with Crippen LogP contribution in [0, 0.1) is 0 Å². The lowest BCUT2D eigenvalue weighted by Crippen LogP contribution is -2.56. The summed E-state index contributed by atoms with van der Waals surface area (Å²) in [6.07, 6.45) is -0.741. The van der Waals surface area contributed by atoms with E-state index in [4.69, 9.17) is 9.47 Å². The van der Waals surface area contributed by atoms with Crippen molar-refractivity contribution in [2.24, 2.45) is 0 Å². The molecule has 1 aliphatic rings. The summed E-state index contributed by atoms with van der Waals surface area (Å²) in [5, 5.41) is 12.5. The predicted molar refractivity (Wildman–Crippen MR) is 115 cm³/mol. The van der Waals surface area contributed by atoms with Gasteiger partial charge in [0.2, 0.25) is 5.91 Å². The molecule has 178 valence electrons. The molecule has 3 atom stereocenters. The summed E-state index contributed by atoms with van der Waals surface area (Å²) >= 11 is 0. The molecule has 0 saturated carbocycles. The van der Waals surface area contributed by atoms with Crippen LogP contribution in [0.3, 0.4) is 0 Å². The van der Waals surface area contributed by atoms with E-state index in [0.717, 1.165) is 18.4 Å². The van der Waals surface area contributed by atoms with Crippen molar-refractivity contribution in [1.82, 2.24) is 10.2 Å². The Hall–Kier alpha value is -2.68. The third-order valence-corrected chi connectivity index (χ3v) is 5.00. The topological polar surface area (TPSA) is 105 Å². The van der Waals surface area contributed by atoms with E-state index >= 15 is 0 Å². The van der Waals surface area contributed by atoms with Crippen molar-refractivity contribution in [3.63, 3.8) is 0 Å². The van der Waals surface area contributed by atoms with Gasteiger partial charge in [0, 0.05) is 6.54 Å². The number of hydrogen-bond acceptors (Lipinski definition) is 6. The van der Waals surface area contributed by atoms with Crippen LogP contribution in [-0.2, 0) is 25.7 Å². The molecule has 2 N–H and O–H groups in total. The van der Waals surface area contributed by atoms with Gasteiger partial charge in [-0.25, -0.2) is 9.18 Å². The number of nitrogens with one attached hydrogen (secondary N) is 1. The molecule has 1 aromatic carbocycles. The van der Waals surface area contributed by atoms with Crippen LogP contribution in [0.1, 0.15) is 52.0 Å². The molecule has 0 aliphatic carbocycles. The molecular formula is C23H33FN2O6. The van der Waals surface area contributed by atoms with E-state index < -0.39 is 48.4 Å². The number of aliphatic hydroxyl groups is 1. The first-order chi connectivity index (χ1) is 15.1. The van der Waals surface area contributed by atoms with Crippen LogP contribution in [0.25, 0.3) is 0 Å². The van der Waals surface area contributed by atoms with Gasteiger partial charge in [0.05, 0.1) is 12.5 Å². The van der Waals surface area contributed by atoms with E-state index in [-0.39, 0.29) is 13.0 Å². The van der Waals surface area contributed by atoms with E-state index in [1.807, 2.05) is 30.3 Å². The van der Waals surface area contributed by atoms with Gasteiger partial charge in [0.15, 0.2) is 0 Å². The van der Waals surface area contributed by atoms with Crippen molar-refractivity contribution in [3.05, 3.63) is 35.9 Å². The molecule has 2 amide bonds. The van der Waals surface area contributed by atoms with Crippen LogP contribution in [0.4, 0.5) is 9.18 Å². The summed E-state index contributed by atoms with van der Waals surface area (Å²) in [6, 6.07) is 7.17. The van der Waals surface area contributed by atoms with Crippen LogP contribution in [0.15, 0.2) is 30.3 Å². The minimum absolute atomic E-state index is 0.0757. The van der Waals surface area contributed by atoms with Gasteiger partial charge in [-0.05, 0) is 45.6 Å². The third kappa shape index (κ3) is 8.11. The molecule has 2 rings (SSSR count). The monoisotopic (exact) mass is 452 g/mol. The summed E-state index contributed by atoms with van der Waals surface area (Å²) in [5.41, 5.74) is 0.0667. The van der Waals surface area contributed by atoms with Crippen LogP contribution < -0.4 is 5.32 Å². The molecule has 1 fully saturated rings. The minimum atomic E-state index is -1.58. The largest absolute Gasteiger partial charge is 0.460 e. The zero-order valence-corrected chi connectivity index (χ0v) is 18.9. The van der Waals surface area contributed by atoms with Crippen LogP contribution >= 0.6 is 0 Å². The molecule has 1 aliphatic heterocycles. The number of amides is 2. The van der Waals surface area contributed by atoms with E-state index in [9.17, 15) is 23.9 Å². The maximum atomic E-state index is 13.1. The average Bonchev–Trinajstić information content (AvgIpc) is 2.75. The quantitative estimate of drug-likeness (QED) is 0.588. The smallest absolute Gasteiger partial charge is 0.410 e. The van der Waals surface area contributed by atoms with E-state index in [1.165, 1.54) is 4.90 Å². The highest BCUT2D eigenvalue weighted by Crippen LogP contribution is 2.20. The number of hydrogen-bond donors (Lipinski definition) is 2. The van der Waals surface area contributed by atoms with Crippen molar-refractivity contribution < 1.29 is 33.4 Å². The molecule has 0 spiro atoms. The molecular weight excluding hydrogens is 419 g/mol. The van der Waals surface area contributed by atoms with Gasteiger partial charge in [0.1, 0.15) is 31.0 Å². The molecule has 1 saturated heterocycles. The van der Waals surface area contributed by atoms with Crippen molar-refractivity contribution >= 4 is 18.0 Å². The maximum Gasteiger partial charge on any atom is 0.410 e. The number of ether oxygens (including phenoxy) is 2. The third-order valence-electron chi connectivity index (χ3n) is 5.00. The van der Waals surface area contributed by atoms with Gasteiger partial charge in [0.25, 0.3) is 0 Å². The van der Waals surface area contributed by atoms with Crippen LogP contribution in [0.2, 0.25) is 0 Å². The fourth-order valence-corrected chi connectivity index (χ4v) is 3.46.